The predicted octanol–water partition coefficient (Wildman–Crippen LogP) is 5.80. The van der Waals surface area contributed by atoms with Gasteiger partial charge in [0.25, 0.3) is 5.91 Å². The van der Waals surface area contributed by atoms with Gasteiger partial charge in [0.05, 0.1) is 41.8 Å². The molecule has 1 heterocycles. The number of ether oxygens (including phenoxy) is 1. The van der Waals surface area contributed by atoms with Crippen LogP contribution < -0.4 is 21.4 Å². The van der Waals surface area contributed by atoms with Gasteiger partial charge < -0.3 is 30.9 Å². The highest BCUT2D eigenvalue weighted by Crippen LogP contribution is 2.62. The van der Waals surface area contributed by atoms with Crippen LogP contribution in [0.1, 0.15) is 58.1 Å². The zero-order valence-corrected chi connectivity index (χ0v) is 36.5. The molecule has 1 aromatic heterocycles. The number of rotatable bonds is 17. The van der Waals surface area contributed by atoms with Crippen molar-refractivity contribution < 1.29 is 69.3 Å². The fourth-order valence-corrected chi connectivity index (χ4v) is 7.72. The van der Waals surface area contributed by atoms with E-state index < -0.39 is 102 Å². The Hall–Kier alpha value is -4.85. The van der Waals surface area contributed by atoms with Crippen LogP contribution in [0, 0.1) is 32.0 Å². The SMILES string of the molecule is COC(=O)NC(C(=O)NC(Cc1ccc(I)cc1)C(O)CN(Cc1c(F)cc(-c2cn(C34CC(C3)C4)nn2)cc1F)NC(=O)C(NC(=O)O)C(C)(C)C(F)(F)F)C(C)(C)C(F)(F)F. The van der Waals surface area contributed by atoms with Crippen molar-refractivity contribution in [1.82, 2.24) is 41.4 Å². The number of alkyl halides is 6. The normalized spacial score (nSPS) is 19.5. The summed E-state index contributed by atoms with van der Waals surface area (Å²) in [6, 6.07) is 1.46. The lowest BCUT2D eigenvalue weighted by atomic mass is 9.50. The third kappa shape index (κ3) is 10.8. The number of nitrogens with zero attached hydrogens (tertiary/aromatic N) is 4. The molecule has 15 nitrogen and oxygen atoms in total. The van der Waals surface area contributed by atoms with Crippen molar-refractivity contribution in [3.05, 3.63) is 68.9 Å². The summed E-state index contributed by atoms with van der Waals surface area (Å²) in [5.74, 6) is -5.08. The zero-order chi connectivity index (χ0) is 47.0. The molecule has 3 aliphatic carbocycles. The number of nitrogens with one attached hydrogen (secondary N) is 4. The number of methoxy groups -OCH3 is 1. The Morgan fingerprint density at radius 3 is 1.92 bits per heavy atom. The van der Waals surface area contributed by atoms with Crippen molar-refractivity contribution in [3.63, 3.8) is 0 Å². The first kappa shape index (κ1) is 49.2. The number of hydrazine groups is 1. The summed E-state index contributed by atoms with van der Waals surface area (Å²) in [4.78, 5) is 51.3. The zero-order valence-electron chi connectivity index (χ0n) is 34.3. The van der Waals surface area contributed by atoms with E-state index in [0.717, 1.165) is 42.1 Å². The molecule has 2 bridgehead atoms. The second-order valence-electron chi connectivity index (χ2n) is 16.9. The average Bonchev–Trinajstić information content (AvgIpc) is 3.61. The van der Waals surface area contributed by atoms with Gasteiger partial charge in [0.2, 0.25) is 5.91 Å². The van der Waals surface area contributed by atoms with Gasteiger partial charge in [-0.05, 0) is 112 Å². The highest BCUT2D eigenvalue weighted by atomic mass is 127. The van der Waals surface area contributed by atoms with Crippen molar-refractivity contribution in [2.45, 2.75) is 102 Å². The Kier molecular flexibility index (Phi) is 14.3. The molecular weight excluding hydrogens is 971 g/mol. The molecule has 3 aromatic rings. The molecule has 24 heteroatoms. The van der Waals surface area contributed by atoms with E-state index in [1.54, 1.807) is 16.8 Å². The van der Waals surface area contributed by atoms with Crippen molar-refractivity contribution in [2.75, 3.05) is 13.7 Å². The summed E-state index contributed by atoms with van der Waals surface area (Å²) in [6.07, 6.45) is -12.0. The number of aliphatic hydroxyl groups is 1. The maximum Gasteiger partial charge on any atom is 0.407 e. The van der Waals surface area contributed by atoms with Gasteiger partial charge in [-0.25, -0.2) is 28.1 Å². The molecular formula is C39H45F8IN8O7. The fourth-order valence-electron chi connectivity index (χ4n) is 7.36. The lowest BCUT2D eigenvalue weighted by molar-refractivity contribution is -0.221. The molecule has 4 unspecified atom stereocenters. The van der Waals surface area contributed by atoms with Crippen LogP contribution >= 0.6 is 22.6 Å². The molecule has 6 rings (SSSR count). The van der Waals surface area contributed by atoms with Gasteiger partial charge in [0.1, 0.15) is 29.4 Å². The number of carboxylic acid groups (broad SMARTS) is 1. The van der Waals surface area contributed by atoms with E-state index in [1.807, 2.05) is 33.3 Å². The quantitative estimate of drug-likeness (QED) is 0.0546. The average molecular weight is 1020 g/mol. The lowest BCUT2D eigenvalue weighted by Crippen LogP contribution is -2.63. The highest BCUT2D eigenvalue weighted by Gasteiger charge is 2.59. The summed E-state index contributed by atoms with van der Waals surface area (Å²) < 4.78 is 124. The minimum atomic E-state index is -5.21. The van der Waals surface area contributed by atoms with Crippen LogP contribution in [0.25, 0.3) is 11.3 Å². The highest BCUT2D eigenvalue weighted by molar-refractivity contribution is 14.1. The Morgan fingerprint density at radius 2 is 1.44 bits per heavy atom. The first-order valence-electron chi connectivity index (χ1n) is 19.3. The lowest BCUT2D eigenvalue weighted by Gasteiger charge is -2.61. The maximum atomic E-state index is 16.0. The Bertz CT molecular complexity index is 2150. The minimum Gasteiger partial charge on any atom is -0.465 e. The number of aromatic nitrogens is 3. The van der Waals surface area contributed by atoms with Gasteiger partial charge in [-0.1, -0.05) is 17.3 Å². The number of aliphatic hydroxyl groups excluding tert-OH is 1. The summed E-state index contributed by atoms with van der Waals surface area (Å²) >= 11 is 1.98. The smallest absolute Gasteiger partial charge is 0.407 e. The third-order valence-corrected chi connectivity index (χ3v) is 12.5. The van der Waals surface area contributed by atoms with E-state index in [4.69, 9.17) is 0 Å². The topological polar surface area (TPSA) is 200 Å². The molecule has 2 aromatic carbocycles. The van der Waals surface area contributed by atoms with Gasteiger partial charge >= 0.3 is 24.5 Å². The number of halogens is 9. The molecule has 4 atom stereocenters. The number of carbonyl (C=O) groups excluding carboxylic acids is 3. The van der Waals surface area contributed by atoms with Gasteiger partial charge in [-0.3, -0.25) is 15.0 Å². The molecule has 0 saturated heterocycles. The number of hydrogen-bond acceptors (Lipinski definition) is 9. The van der Waals surface area contributed by atoms with Crippen molar-refractivity contribution in [2.24, 2.45) is 16.7 Å². The first-order chi connectivity index (χ1) is 29.1. The van der Waals surface area contributed by atoms with Crippen LogP contribution in [0.3, 0.4) is 0 Å². The van der Waals surface area contributed by atoms with Crippen LogP contribution in [0.2, 0.25) is 0 Å². The Labute approximate surface area is 368 Å². The van der Waals surface area contributed by atoms with Gasteiger partial charge in [-0.15, -0.1) is 5.10 Å². The van der Waals surface area contributed by atoms with E-state index in [9.17, 15) is 55.7 Å². The monoisotopic (exact) mass is 1020 g/mol. The molecule has 3 saturated carbocycles. The molecule has 6 N–H and O–H groups in total. The molecule has 3 fully saturated rings. The summed E-state index contributed by atoms with van der Waals surface area (Å²) in [7, 11) is 0.838. The van der Waals surface area contributed by atoms with Crippen molar-refractivity contribution >= 4 is 46.6 Å². The van der Waals surface area contributed by atoms with Crippen LogP contribution in [-0.4, -0.2) is 104 Å². The minimum absolute atomic E-state index is 0.0444. The molecule has 346 valence electrons. The van der Waals surface area contributed by atoms with Gasteiger partial charge in [-0.2, -0.15) is 26.3 Å². The van der Waals surface area contributed by atoms with Gasteiger partial charge in [0.15, 0.2) is 0 Å². The summed E-state index contributed by atoms with van der Waals surface area (Å²) in [5, 5.41) is 35.5. The van der Waals surface area contributed by atoms with Crippen LogP contribution in [-0.2, 0) is 32.8 Å². The molecule has 0 aliphatic heterocycles. The Balaban J connectivity index is 1.52. The molecule has 0 spiro atoms. The summed E-state index contributed by atoms with van der Waals surface area (Å²) in [6.45, 7) is 0.202. The molecule has 3 aliphatic rings. The Morgan fingerprint density at radius 1 is 0.905 bits per heavy atom. The maximum absolute atomic E-state index is 16.0. The van der Waals surface area contributed by atoms with E-state index in [2.05, 4.69) is 20.4 Å². The largest absolute Gasteiger partial charge is 0.465 e. The molecule has 4 amide bonds. The second-order valence-corrected chi connectivity index (χ2v) is 18.2. The molecule has 0 radical (unpaired) electrons. The van der Waals surface area contributed by atoms with E-state index in [0.29, 0.717) is 44.2 Å². The second kappa shape index (κ2) is 18.3. The first-order valence-corrected chi connectivity index (χ1v) is 20.3. The summed E-state index contributed by atoms with van der Waals surface area (Å²) in [5.41, 5.74) is -4.62. The number of hydrogen-bond donors (Lipinski definition) is 6. The van der Waals surface area contributed by atoms with Crippen molar-refractivity contribution in [1.29, 1.82) is 0 Å². The standard InChI is InChI=1S/C39H45F8IN8O7/c1-35(2,38(42,43)44)29(51-34(62)63-5)31(58)49-26(10-19-6-8-22(48)9-7-19)28(57)18-55(53-32(59)30(50-33(60)61)36(3,4)39(45,46)47)16-23-24(40)11-21(12-25(23)41)27-17-56(54-52-27)37-13-20(14-37)15-37/h6-9,11-12,17,20,26,28-30,50,57H,10,13-16,18H2,1-5H3,(H,49,58)(H,51,62)(H,53,59)(H,60,61). The van der Waals surface area contributed by atoms with Crippen LogP contribution in [0.4, 0.5) is 44.7 Å². The molecule has 63 heavy (non-hydrogen) atoms. The van der Waals surface area contributed by atoms with E-state index in [1.165, 1.54) is 23.6 Å². The number of amides is 4. The number of alkyl carbamates (subject to hydrolysis) is 1. The van der Waals surface area contributed by atoms with E-state index in [-0.39, 0.29) is 23.2 Å². The fraction of sp³-hybridized carbons (Fsp3) is 0.538. The van der Waals surface area contributed by atoms with Gasteiger partial charge in [0, 0.05) is 27.8 Å². The van der Waals surface area contributed by atoms with Crippen molar-refractivity contribution in [3.8, 4) is 11.3 Å². The van der Waals surface area contributed by atoms with Crippen LogP contribution in [0.5, 0.6) is 0 Å². The van der Waals surface area contributed by atoms with Crippen LogP contribution in [0.15, 0.2) is 42.6 Å². The third-order valence-electron chi connectivity index (χ3n) is 11.8. The number of carbonyl (C=O) groups is 4. The number of benzene rings is 2. The predicted molar refractivity (Wildman–Crippen MR) is 214 cm³/mol. The van der Waals surface area contributed by atoms with E-state index >= 15 is 8.78 Å².